The number of rotatable bonds is 5. The van der Waals surface area contributed by atoms with Crippen molar-refractivity contribution in [1.29, 1.82) is 0 Å². The van der Waals surface area contributed by atoms with Gasteiger partial charge in [-0.05, 0) is 39.6 Å². The molecule has 1 aromatic heterocycles. The maximum Gasteiger partial charge on any atom is 0.224 e. The first-order chi connectivity index (χ1) is 16.0. The number of nitrogens with zero attached hydrogens (tertiary/aromatic N) is 3. The van der Waals surface area contributed by atoms with Gasteiger partial charge >= 0.3 is 0 Å². The molecule has 1 aliphatic heterocycles. The maximum absolute atomic E-state index is 11.5. The molecule has 5 rings (SSSR count). The minimum atomic E-state index is -0.123. The summed E-state index contributed by atoms with van der Waals surface area (Å²) in [4.78, 5) is 24.9. The van der Waals surface area contributed by atoms with Crippen LogP contribution in [0.5, 0.6) is 0 Å². The summed E-state index contributed by atoms with van der Waals surface area (Å²) >= 11 is 8.12. The van der Waals surface area contributed by atoms with Crippen LogP contribution in [0.2, 0.25) is 5.02 Å². The van der Waals surface area contributed by atoms with Gasteiger partial charge in [0.05, 0.1) is 18.2 Å². The fourth-order valence-electron chi connectivity index (χ4n) is 3.99. The standard InChI is InChI=1S/C24H20ClN5O2S/c1-13(31)27-19-8-3-2-5-15(19)12-33-24-29-22(28-23(26)30-24)21-17-7-4-6-14-10-32-11-16(20(14)17)9-18(21)25/h2-9H,10-12H2,1H3,(H,27,31)(H2,26,28,29,30). The van der Waals surface area contributed by atoms with Gasteiger partial charge in [-0.1, -0.05) is 59.8 Å². The summed E-state index contributed by atoms with van der Waals surface area (Å²) in [5.41, 5.74) is 10.7. The quantitative estimate of drug-likeness (QED) is 0.380. The summed E-state index contributed by atoms with van der Waals surface area (Å²) in [5.74, 6) is 0.980. The second kappa shape index (κ2) is 8.97. The first-order valence-corrected chi connectivity index (χ1v) is 11.7. The molecule has 3 N–H and O–H groups in total. The van der Waals surface area contributed by atoms with E-state index in [9.17, 15) is 4.79 Å². The molecular formula is C24H20ClN5O2S. The summed E-state index contributed by atoms with van der Waals surface area (Å²) < 4.78 is 5.68. The number of nitrogens with two attached hydrogens (primary N) is 1. The SMILES string of the molecule is CC(=O)Nc1ccccc1CSc1nc(N)nc(-c2c(Cl)cc3c4c(cccc24)COC3)n1. The lowest BCUT2D eigenvalue weighted by Crippen LogP contribution is -2.08. The number of nitrogen functional groups attached to an aromatic ring is 1. The van der Waals surface area contributed by atoms with Crippen LogP contribution in [0.15, 0.2) is 53.7 Å². The number of para-hydroxylation sites is 1. The van der Waals surface area contributed by atoms with E-state index >= 15 is 0 Å². The van der Waals surface area contributed by atoms with Crippen molar-refractivity contribution in [3.63, 3.8) is 0 Å². The van der Waals surface area contributed by atoms with Gasteiger partial charge in [0.25, 0.3) is 0 Å². The number of nitrogens with one attached hydrogen (secondary N) is 1. The molecule has 0 saturated carbocycles. The summed E-state index contributed by atoms with van der Waals surface area (Å²) in [5, 5.41) is 5.96. The summed E-state index contributed by atoms with van der Waals surface area (Å²) in [7, 11) is 0. The van der Waals surface area contributed by atoms with Crippen LogP contribution in [-0.4, -0.2) is 20.9 Å². The van der Waals surface area contributed by atoms with Gasteiger partial charge in [0, 0.05) is 23.9 Å². The molecule has 3 aromatic carbocycles. The largest absolute Gasteiger partial charge is 0.372 e. The van der Waals surface area contributed by atoms with Crippen molar-refractivity contribution in [2.45, 2.75) is 31.0 Å². The Kier molecular flexibility index (Phi) is 5.88. The number of anilines is 2. The summed E-state index contributed by atoms with van der Waals surface area (Å²) in [6, 6.07) is 15.6. The van der Waals surface area contributed by atoms with E-state index in [0.29, 0.717) is 35.0 Å². The highest BCUT2D eigenvalue weighted by Crippen LogP contribution is 2.40. The lowest BCUT2D eigenvalue weighted by Gasteiger charge is -2.20. The molecule has 1 aliphatic rings. The van der Waals surface area contributed by atoms with E-state index in [0.717, 1.165) is 38.7 Å². The van der Waals surface area contributed by atoms with Crippen molar-refractivity contribution in [2.24, 2.45) is 0 Å². The average Bonchev–Trinajstić information content (AvgIpc) is 2.78. The lowest BCUT2D eigenvalue weighted by atomic mass is 9.94. The van der Waals surface area contributed by atoms with E-state index in [2.05, 4.69) is 26.3 Å². The molecule has 0 radical (unpaired) electrons. The molecule has 0 spiro atoms. The molecule has 1 amide bonds. The molecule has 2 heterocycles. The van der Waals surface area contributed by atoms with Crippen LogP contribution in [0.25, 0.3) is 22.2 Å². The highest BCUT2D eigenvalue weighted by atomic mass is 35.5. The Morgan fingerprint density at radius 2 is 1.94 bits per heavy atom. The Bertz CT molecular complexity index is 1400. The maximum atomic E-state index is 11.5. The Morgan fingerprint density at radius 1 is 1.12 bits per heavy atom. The molecule has 33 heavy (non-hydrogen) atoms. The highest BCUT2D eigenvalue weighted by molar-refractivity contribution is 7.98. The molecule has 0 atom stereocenters. The number of hydrogen-bond acceptors (Lipinski definition) is 7. The minimum absolute atomic E-state index is 0.123. The van der Waals surface area contributed by atoms with Crippen LogP contribution in [0, 0.1) is 0 Å². The first-order valence-electron chi connectivity index (χ1n) is 10.3. The van der Waals surface area contributed by atoms with Gasteiger partial charge in [-0.25, -0.2) is 4.98 Å². The number of carbonyl (C=O) groups excluding carboxylic acids is 1. The third-order valence-electron chi connectivity index (χ3n) is 5.34. The van der Waals surface area contributed by atoms with Crippen molar-refractivity contribution < 1.29 is 9.53 Å². The predicted molar refractivity (Wildman–Crippen MR) is 131 cm³/mol. The van der Waals surface area contributed by atoms with Crippen LogP contribution in [0.1, 0.15) is 23.6 Å². The van der Waals surface area contributed by atoms with Gasteiger partial charge in [-0.2, -0.15) is 9.97 Å². The van der Waals surface area contributed by atoms with Crippen molar-refractivity contribution in [2.75, 3.05) is 11.1 Å². The molecular weight excluding hydrogens is 458 g/mol. The van der Waals surface area contributed by atoms with E-state index in [1.54, 1.807) is 0 Å². The number of benzene rings is 3. The topological polar surface area (TPSA) is 103 Å². The predicted octanol–water partition coefficient (Wildman–Crippen LogP) is 5.21. The zero-order chi connectivity index (χ0) is 22.9. The van der Waals surface area contributed by atoms with Gasteiger partial charge in [0.2, 0.25) is 11.9 Å². The third-order valence-corrected chi connectivity index (χ3v) is 6.53. The normalized spacial score (nSPS) is 12.7. The zero-order valence-electron chi connectivity index (χ0n) is 17.8. The number of ether oxygens (including phenoxy) is 1. The molecule has 4 aromatic rings. The average molecular weight is 478 g/mol. The van der Waals surface area contributed by atoms with Crippen LogP contribution in [0.3, 0.4) is 0 Å². The molecule has 9 heteroatoms. The smallest absolute Gasteiger partial charge is 0.224 e. The van der Waals surface area contributed by atoms with Crippen LogP contribution in [0.4, 0.5) is 11.6 Å². The van der Waals surface area contributed by atoms with E-state index in [-0.39, 0.29) is 11.9 Å². The van der Waals surface area contributed by atoms with Gasteiger partial charge in [-0.3, -0.25) is 4.79 Å². The molecule has 0 bridgehead atoms. The number of aromatic nitrogens is 3. The second-order valence-electron chi connectivity index (χ2n) is 7.65. The monoisotopic (exact) mass is 477 g/mol. The van der Waals surface area contributed by atoms with Crippen LogP contribution in [-0.2, 0) is 28.5 Å². The number of amides is 1. The number of hydrogen-bond donors (Lipinski definition) is 2. The van der Waals surface area contributed by atoms with Gasteiger partial charge in [0.15, 0.2) is 11.0 Å². The van der Waals surface area contributed by atoms with Gasteiger partial charge in [0.1, 0.15) is 0 Å². The molecule has 7 nitrogen and oxygen atoms in total. The first kappa shape index (κ1) is 21.6. The highest BCUT2D eigenvalue weighted by Gasteiger charge is 2.21. The van der Waals surface area contributed by atoms with Crippen molar-refractivity contribution in [3.8, 4) is 11.4 Å². The van der Waals surface area contributed by atoms with E-state index in [4.69, 9.17) is 22.1 Å². The summed E-state index contributed by atoms with van der Waals surface area (Å²) in [6.45, 7) is 2.56. The van der Waals surface area contributed by atoms with Crippen molar-refractivity contribution >= 4 is 51.7 Å². The third kappa shape index (κ3) is 4.37. The van der Waals surface area contributed by atoms with Crippen molar-refractivity contribution in [3.05, 3.63) is 70.2 Å². The van der Waals surface area contributed by atoms with Gasteiger partial charge < -0.3 is 15.8 Å². The number of carbonyl (C=O) groups is 1. The molecule has 0 saturated heterocycles. The van der Waals surface area contributed by atoms with E-state index in [1.807, 2.05) is 42.5 Å². The molecule has 0 fully saturated rings. The van der Waals surface area contributed by atoms with Crippen LogP contribution >= 0.6 is 23.4 Å². The van der Waals surface area contributed by atoms with Gasteiger partial charge in [-0.15, -0.1) is 0 Å². The fourth-order valence-corrected chi connectivity index (χ4v) is 5.16. The molecule has 0 aliphatic carbocycles. The van der Waals surface area contributed by atoms with Crippen LogP contribution < -0.4 is 11.1 Å². The Morgan fingerprint density at radius 3 is 2.79 bits per heavy atom. The molecule has 0 unspecified atom stereocenters. The Labute approximate surface area is 199 Å². The summed E-state index contributed by atoms with van der Waals surface area (Å²) in [6.07, 6.45) is 0. The minimum Gasteiger partial charge on any atom is -0.372 e. The fraction of sp³-hybridized carbons (Fsp3) is 0.167. The zero-order valence-corrected chi connectivity index (χ0v) is 19.3. The number of halogens is 1. The number of thioether (sulfide) groups is 1. The van der Waals surface area contributed by atoms with Crippen molar-refractivity contribution in [1.82, 2.24) is 15.0 Å². The second-order valence-corrected chi connectivity index (χ2v) is 9.00. The Hall–Kier alpha value is -3.20. The van der Waals surface area contributed by atoms with E-state index < -0.39 is 0 Å². The Balaban J connectivity index is 1.53. The lowest BCUT2D eigenvalue weighted by molar-refractivity contribution is -0.114. The molecule has 166 valence electrons. The van der Waals surface area contributed by atoms with E-state index in [1.165, 1.54) is 18.7 Å².